The highest BCUT2D eigenvalue weighted by Crippen LogP contribution is 2.12. The Hall–Kier alpha value is -1.36. The van der Waals surface area contributed by atoms with Gasteiger partial charge in [0.25, 0.3) is 6.47 Å². The van der Waals surface area contributed by atoms with Gasteiger partial charge < -0.3 is 9.47 Å². The van der Waals surface area contributed by atoms with Crippen molar-refractivity contribution < 1.29 is 14.3 Å². The van der Waals surface area contributed by atoms with Gasteiger partial charge in [0.2, 0.25) is 5.88 Å². The lowest BCUT2D eigenvalue weighted by Gasteiger charge is -1.98. The van der Waals surface area contributed by atoms with E-state index in [1.165, 1.54) is 20.4 Å². The Morgan fingerprint density at radius 2 is 2.07 bits per heavy atom. The van der Waals surface area contributed by atoms with Crippen LogP contribution in [0.1, 0.15) is 5.69 Å². The van der Waals surface area contributed by atoms with E-state index in [0.29, 0.717) is 23.2 Å². The van der Waals surface area contributed by atoms with Crippen molar-refractivity contribution in [2.75, 3.05) is 14.2 Å². The first-order chi connectivity index (χ1) is 6.65. The van der Waals surface area contributed by atoms with Gasteiger partial charge in [0.05, 0.1) is 26.1 Å². The van der Waals surface area contributed by atoms with Gasteiger partial charge >= 0.3 is 0 Å². The van der Waals surface area contributed by atoms with Crippen LogP contribution in [0.3, 0.4) is 0 Å². The lowest BCUT2D eigenvalue weighted by molar-refractivity contribution is -0.126. The lowest BCUT2D eigenvalue weighted by Crippen LogP contribution is -1.91. The number of ether oxygens (including phenoxy) is 2. The fraction of sp³-hybridized carbons (Fsp3) is 0.375. The molecule has 0 unspecified atom stereocenters. The molecule has 14 heavy (non-hydrogen) atoms. The standard InChI is InChI=1S/C6H7ClN2O.C2H4O2/c1-4-6(7)9-5(10-2)3-8-4;1-4-2-3/h3H,1-2H3;2H,1H3. The summed E-state index contributed by atoms with van der Waals surface area (Å²) in [5, 5.41) is 0.388. The van der Waals surface area contributed by atoms with Crippen LogP contribution in [0.25, 0.3) is 0 Å². The van der Waals surface area contributed by atoms with Gasteiger partial charge in [-0.05, 0) is 6.92 Å². The zero-order chi connectivity index (χ0) is 11.0. The van der Waals surface area contributed by atoms with Gasteiger partial charge in [-0.15, -0.1) is 0 Å². The summed E-state index contributed by atoms with van der Waals surface area (Å²) in [6, 6.07) is 0. The minimum atomic E-state index is 0.375. The van der Waals surface area contributed by atoms with Gasteiger partial charge in [-0.2, -0.15) is 4.98 Å². The molecule has 0 bridgehead atoms. The Bertz CT molecular complexity index is 294. The van der Waals surface area contributed by atoms with Gasteiger partial charge in [0, 0.05) is 0 Å². The second kappa shape index (κ2) is 7.08. The molecular weight excluding hydrogens is 208 g/mol. The molecule has 0 amide bonds. The molecule has 0 saturated heterocycles. The number of carbonyl (C=O) groups is 1. The highest BCUT2D eigenvalue weighted by Gasteiger charge is 1.98. The van der Waals surface area contributed by atoms with Crippen LogP contribution in [0.4, 0.5) is 0 Å². The summed E-state index contributed by atoms with van der Waals surface area (Å²) in [7, 11) is 2.84. The number of rotatable bonds is 2. The third-order valence-electron chi connectivity index (χ3n) is 1.18. The molecule has 1 aromatic rings. The molecule has 1 aromatic heterocycles. The third-order valence-corrected chi connectivity index (χ3v) is 1.54. The molecule has 6 heteroatoms. The average Bonchev–Trinajstić information content (AvgIpc) is 2.22. The normalized spacial score (nSPS) is 8.29. The largest absolute Gasteiger partial charge is 0.480 e. The molecular formula is C8H11ClN2O3. The summed E-state index contributed by atoms with van der Waals surface area (Å²) in [6.07, 6.45) is 1.53. The highest BCUT2D eigenvalue weighted by atomic mass is 35.5. The number of hydrogen-bond acceptors (Lipinski definition) is 5. The number of hydrogen-bond donors (Lipinski definition) is 0. The molecule has 0 radical (unpaired) electrons. The summed E-state index contributed by atoms with van der Waals surface area (Å²) >= 11 is 5.64. The zero-order valence-corrected chi connectivity index (χ0v) is 8.91. The monoisotopic (exact) mass is 218 g/mol. The number of methoxy groups -OCH3 is 2. The molecule has 0 N–H and O–H groups in total. The lowest BCUT2D eigenvalue weighted by atomic mass is 10.5. The first-order valence-corrected chi connectivity index (χ1v) is 4.03. The number of halogens is 1. The van der Waals surface area contributed by atoms with Crippen LogP contribution in [0.5, 0.6) is 5.88 Å². The maximum atomic E-state index is 8.95. The molecule has 0 aliphatic rings. The van der Waals surface area contributed by atoms with E-state index < -0.39 is 0 Å². The van der Waals surface area contributed by atoms with E-state index in [4.69, 9.17) is 21.1 Å². The van der Waals surface area contributed by atoms with Gasteiger partial charge in [-0.3, -0.25) is 9.78 Å². The van der Waals surface area contributed by atoms with Crippen LogP contribution >= 0.6 is 11.6 Å². The van der Waals surface area contributed by atoms with E-state index >= 15 is 0 Å². The van der Waals surface area contributed by atoms with Crippen molar-refractivity contribution in [3.63, 3.8) is 0 Å². The molecule has 0 aliphatic heterocycles. The van der Waals surface area contributed by atoms with Gasteiger partial charge in [0.15, 0.2) is 5.15 Å². The Kier molecular flexibility index (Phi) is 6.39. The number of nitrogens with zero attached hydrogens (tertiary/aromatic N) is 2. The fourth-order valence-electron chi connectivity index (χ4n) is 0.510. The van der Waals surface area contributed by atoms with E-state index in [1.54, 1.807) is 6.92 Å². The second-order valence-electron chi connectivity index (χ2n) is 2.12. The summed E-state index contributed by atoms with van der Waals surface area (Å²) in [5.74, 6) is 0.440. The molecule has 78 valence electrons. The molecule has 0 atom stereocenters. The Morgan fingerprint density at radius 3 is 2.43 bits per heavy atom. The smallest absolute Gasteiger partial charge is 0.292 e. The molecule has 0 aromatic carbocycles. The van der Waals surface area contributed by atoms with Crippen molar-refractivity contribution >= 4 is 18.1 Å². The summed E-state index contributed by atoms with van der Waals surface area (Å²) in [5.41, 5.74) is 0.711. The fourth-order valence-corrected chi connectivity index (χ4v) is 0.642. The highest BCUT2D eigenvalue weighted by molar-refractivity contribution is 6.30. The van der Waals surface area contributed by atoms with Crippen LogP contribution in [0.2, 0.25) is 5.15 Å². The Balaban J connectivity index is 0.000000364. The van der Waals surface area contributed by atoms with E-state index in [-0.39, 0.29) is 0 Å². The molecule has 1 heterocycles. The van der Waals surface area contributed by atoms with Crippen LogP contribution in [-0.2, 0) is 9.53 Å². The van der Waals surface area contributed by atoms with E-state index in [1.807, 2.05) is 0 Å². The molecule has 0 fully saturated rings. The Labute approximate surface area is 87.0 Å². The quantitative estimate of drug-likeness (QED) is 0.699. The minimum Gasteiger partial charge on any atom is -0.480 e. The number of aromatic nitrogens is 2. The average molecular weight is 219 g/mol. The van der Waals surface area contributed by atoms with Crippen molar-refractivity contribution in [1.29, 1.82) is 0 Å². The van der Waals surface area contributed by atoms with E-state index in [9.17, 15) is 0 Å². The number of carbonyl (C=O) groups excluding carboxylic acids is 1. The van der Waals surface area contributed by atoms with Crippen molar-refractivity contribution in [2.24, 2.45) is 0 Å². The van der Waals surface area contributed by atoms with Crippen LogP contribution in [0.15, 0.2) is 6.20 Å². The zero-order valence-electron chi connectivity index (χ0n) is 8.15. The minimum absolute atomic E-state index is 0.375. The van der Waals surface area contributed by atoms with Crippen LogP contribution in [-0.4, -0.2) is 30.7 Å². The third kappa shape index (κ3) is 4.61. The van der Waals surface area contributed by atoms with Crippen molar-refractivity contribution in [2.45, 2.75) is 6.92 Å². The van der Waals surface area contributed by atoms with Gasteiger partial charge in [0.1, 0.15) is 0 Å². The molecule has 0 aliphatic carbocycles. The predicted molar refractivity (Wildman–Crippen MR) is 51.4 cm³/mol. The van der Waals surface area contributed by atoms with Crippen molar-refractivity contribution in [3.05, 3.63) is 17.0 Å². The summed E-state index contributed by atoms with van der Waals surface area (Å²) in [4.78, 5) is 16.8. The summed E-state index contributed by atoms with van der Waals surface area (Å²) < 4.78 is 8.65. The van der Waals surface area contributed by atoms with Gasteiger partial charge in [-0.25, -0.2) is 0 Å². The first kappa shape index (κ1) is 12.6. The molecule has 0 spiro atoms. The SMILES string of the molecule is COC=O.COc1cnc(C)c(Cl)n1. The van der Waals surface area contributed by atoms with Crippen LogP contribution in [0, 0.1) is 6.92 Å². The van der Waals surface area contributed by atoms with Gasteiger partial charge in [-0.1, -0.05) is 11.6 Å². The maximum absolute atomic E-state index is 8.95. The van der Waals surface area contributed by atoms with Crippen LogP contribution < -0.4 is 4.74 Å². The van der Waals surface area contributed by atoms with E-state index in [2.05, 4.69) is 14.7 Å². The number of aryl methyl sites for hydroxylation is 1. The van der Waals surface area contributed by atoms with Crippen molar-refractivity contribution in [1.82, 2.24) is 9.97 Å². The Morgan fingerprint density at radius 1 is 1.50 bits per heavy atom. The maximum Gasteiger partial charge on any atom is 0.292 e. The molecule has 0 saturated carbocycles. The predicted octanol–water partition coefficient (Wildman–Crippen LogP) is 1.24. The summed E-state index contributed by atoms with van der Waals surface area (Å²) in [6.45, 7) is 2.16. The molecule has 1 rings (SSSR count). The first-order valence-electron chi connectivity index (χ1n) is 3.65. The van der Waals surface area contributed by atoms with Crippen molar-refractivity contribution in [3.8, 4) is 5.88 Å². The second-order valence-corrected chi connectivity index (χ2v) is 2.48. The molecule has 5 nitrogen and oxygen atoms in total. The van der Waals surface area contributed by atoms with E-state index in [0.717, 1.165) is 0 Å². The topological polar surface area (TPSA) is 61.3 Å².